The van der Waals surface area contributed by atoms with Crippen molar-refractivity contribution in [1.82, 2.24) is 4.98 Å². The fraction of sp³-hybridized carbons (Fsp3) is 0.154. The average molecular weight is 288 g/mol. The summed E-state index contributed by atoms with van der Waals surface area (Å²) in [5.74, 6) is 0.217. The Labute approximate surface area is 120 Å². The lowest BCUT2D eigenvalue weighted by Crippen LogP contribution is -2.19. The molecule has 0 aliphatic heterocycles. The zero-order chi connectivity index (χ0) is 15.4. The fourth-order valence-corrected chi connectivity index (χ4v) is 1.94. The van der Waals surface area contributed by atoms with Gasteiger partial charge >= 0.3 is 5.69 Å². The Bertz CT molecular complexity index is 689. The maximum absolute atomic E-state index is 11.0. The number of anilines is 1. The predicted octanol–water partition coefficient (Wildman–Crippen LogP) is 2.53. The number of benzene rings is 1. The van der Waals surface area contributed by atoms with E-state index >= 15 is 0 Å². The smallest absolute Gasteiger partial charge is 0.311 e. The van der Waals surface area contributed by atoms with Gasteiger partial charge in [-0.3, -0.25) is 20.2 Å². The van der Waals surface area contributed by atoms with Gasteiger partial charge in [-0.2, -0.15) is 0 Å². The molecule has 0 atom stereocenters. The van der Waals surface area contributed by atoms with E-state index in [1.54, 1.807) is 24.1 Å². The highest BCUT2D eigenvalue weighted by Gasteiger charge is 2.18. The van der Waals surface area contributed by atoms with Gasteiger partial charge in [0.15, 0.2) is 0 Å². The number of hydrogen-bond donors (Lipinski definition) is 0. The first kappa shape index (κ1) is 14.4. The molecule has 0 aliphatic carbocycles. The first-order valence-electron chi connectivity index (χ1n) is 6.03. The molecule has 1 aromatic carbocycles. The van der Waals surface area contributed by atoms with E-state index in [0.29, 0.717) is 5.56 Å². The number of nitrogens with zero attached hydrogens (tertiary/aromatic N) is 4. The van der Waals surface area contributed by atoms with Crippen molar-refractivity contribution >= 4 is 17.2 Å². The first-order valence-corrected chi connectivity index (χ1v) is 6.03. The standard InChI is InChI=1S/C13H12N4O4/c1-15(13-12(17(20)21)6-3-7-14-13)9-10-4-2-5-11(8-10)16(18)19/h2-8H,9H2,1H3. The highest BCUT2D eigenvalue weighted by Crippen LogP contribution is 2.25. The molecule has 108 valence electrons. The average Bonchev–Trinajstić information content (AvgIpc) is 2.47. The molecule has 0 saturated carbocycles. The number of aromatic nitrogens is 1. The molecule has 8 heteroatoms. The molecule has 21 heavy (non-hydrogen) atoms. The molecule has 0 spiro atoms. The van der Waals surface area contributed by atoms with Crippen molar-refractivity contribution in [3.8, 4) is 0 Å². The summed E-state index contributed by atoms with van der Waals surface area (Å²) >= 11 is 0. The first-order chi connectivity index (χ1) is 9.99. The van der Waals surface area contributed by atoms with Crippen molar-refractivity contribution < 1.29 is 9.85 Å². The van der Waals surface area contributed by atoms with E-state index in [-0.39, 0.29) is 23.7 Å². The minimum Gasteiger partial charge on any atom is -0.350 e. The molecule has 2 rings (SSSR count). The summed E-state index contributed by atoms with van der Waals surface area (Å²) in [4.78, 5) is 26.3. The number of nitro benzene ring substituents is 1. The number of nitro groups is 2. The molecule has 0 N–H and O–H groups in total. The van der Waals surface area contributed by atoms with Crippen molar-refractivity contribution in [2.24, 2.45) is 0 Å². The van der Waals surface area contributed by atoms with Crippen LogP contribution in [0, 0.1) is 20.2 Å². The monoisotopic (exact) mass is 288 g/mol. The summed E-state index contributed by atoms with van der Waals surface area (Å²) < 4.78 is 0. The maximum atomic E-state index is 11.0. The molecular formula is C13H12N4O4. The fourth-order valence-electron chi connectivity index (χ4n) is 1.94. The van der Waals surface area contributed by atoms with Crippen molar-refractivity contribution in [3.63, 3.8) is 0 Å². The normalized spacial score (nSPS) is 10.1. The minimum atomic E-state index is -0.508. The van der Waals surface area contributed by atoms with Crippen molar-refractivity contribution in [1.29, 1.82) is 0 Å². The second-order valence-electron chi connectivity index (χ2n) is 4.39. The molecule has 1 heterocycles. The van der Waals surface area contributed by atoms with E-state index in [2.05, 4.69) is 4.98 Å². The SMILES string of the molecule is CN(Cc1cccc([N+](=O)[O-])c1)c1ncccc1[N+](=O)[O-]. The topological polar surface area (TPSA) is 102 Å². The molecule has 0 fully saturated rings. The van der Waals surface area contributed by atoms with E-state index in [1.165, 1.54) is 30.5 Å². The van der Waals surface area contributed by atoms with Gasteiger partial charge in [-0.25, -0.2) is 4.98 Å². The van der Waals surface area contributed by atoms with Gasteiger partial charge in [0.2, 0.25) is 5.82 Å². The Morgan fingerprint density at radius 2 is 1.90 bits per heavy atom. The lowest BCUT2D eigenvalue weighted by atomic mass is 10.2. The van der Waals surface area contributed by atoms with Crippen LogP contribution in [0.2, 0.25) is 0 Å². The maximum Gasteiger partial charge on any atom is 0.311 e. The van der Waals surface area contributed by atoms with Crippen LogP contribution >= 0.6 is 0 Å². The van der Waals surface area contributed by atoms with Gasteiger partial charge in [0.05, 0.1) is 9.85 Å². The number of non-ortho nitro benzene ring substituents is 1. The van der Waals surface area contributed by atoms with Gasteiger partial charge in [0.1, 0.15) is 0 Å². The zero-order valence-electron chi connectivity index (χ0n) is 11.2. The van der Waals surface area contributed by atoms with E-state index in [1.807, 2.05) is 0 Å². The van der Waals surface area contributed by atoms with Gasteiger partial charge in [-0.15, -0.1) is 0 Å². The third-order valence-electron chi connectivity index (χ3n) is 2.87. The van der Waals surface area contributed by atoms with E-state index in [4.69, 9.17) is 0 Å². The Morgan fingerprint density at radius 3 is 2.57 bits per heavy atom. The van der Waals surface area contributed by atoms with Crippen molar-refractivity contribution in [2.75, 3.05) is 11.9 Å². The summed E-state index contributed by atoms with van der Waals surface area (Å²) in [6, 6.07) is 8.99. The summed E-state index contributed by atoms with van der Waals surface area (Å²) in [5, 5.41) is 21.7. The summed E-state index contributed by atoms with van der Waals surface area (Å²) in [7, 11) is 1.65. The second kappa shape index (κ2) is 5.95. The summed E-state index contributed by atoms with van der Waals surface area (Å²) in [5.41, 5.74) is 0.550. The summed E-state index contributed by atoms with van der Waals surface area (Å²) in [6.07, 6.45) is 1.46. The number of rotatable bonds is 5. The second-order valence-corrected chi connectivity index (χ2v) is 4.39. The molecule has 8 nitrogen and oxygen atoms in total. The molecule has 0 saturated heterocycles. The van der Waals surface area contributed by atoms with E-state index in [0.717, 1.165) is 0 Å². The highest BCUT2D eigenvalue weighted by molar-refractivity contribution is 5.57. The zero-order valence-corrected chi connectivity index (χ0v) is 11.2. The van der Waals surface area contributed by atoms with Crippen molar-refractivity contribution in [3.05, 3.63) is 68.4 Å². The highest BCUT2D eigenvalue weighted by atomic mass is 16.6. The molecule has 2 aromatic rings. The van der Waals surface area contributed by atoms with Gasteiger partial charge in [0.25, 0.3) is 5.69 Å². The summed E-state index contributed by atoms with van der Waals surface area (Å²) in [6.45, 7) is 0.277. The Kier molecular flexibility index (Phi) is 4.07. The van der Waals surface area contributed by atoms with Crippen molar-refractivity contribution in [2.45, 2.75) is 6.54 Å². The lowest BCUT2D eigenvalue weighted by Gasteiger charge is -2.17. The predicted molar refractivity (Wildman–Crippen MR) is 76.1 cm³/mol. The number of pyridine rings is 1. The van der Waals surface area contributed by atoms with E-state index in [9.17, 15) is 20.2 Å². The van der Waals surface area contributed by atoms with Crippen LogP contribution < -0.4 is 4.90 Å². The lowest BCUT2D eigenvalue weighted by molar-refractivity contribution is -0.384. The Balaban J connectivity index is 2.26. The van der Waals surface area contributed by atoms with Gasteiger partial charge in [0, 0.05) is 38.0 Å². The van der Waals surface area contributed by atoms with Gasteiger partial charge in [-0.1, -0.05) is 12.1 Å². The molecule has 0 amide bonds. The van der Waals surface area contributed by atoms with Crippen LogP contribution in [0.1, 0.15) is 5.56 Å². The van der Waals surface area contributed by atoms with Gasteiger partial charge in [-0.05, 0) is 11.6 Å². The van der Waals surface area contributed by atoms with Crippen LogP contribution in [0.5, 0.6) is 0 Å². The van der Waals surface area contributed by atoms with Crippen LogP contribution in [-0.4, -0.2) is 21.9 Å². The molecule has 0 radical (unpaired) electrons. The van der Waals surface area contributed by atoms with E-state index < -0.39 is 9.85 Å². The van der Waals surface area contributed by atoms with Crippen LogP contribution in [0.4, 0.5) is 17.2 Å². The quantitative estimate of drug-likeness (QED) is 0.618. The third-order valence-corrected chi connectivity index (χ3v) is 2.87. The Hall–Kier alpha value is -3.03. The molecular weight excluding hydrogens is 276 g/mol. The minimum absolute atomic E-state index is 0.0172. The van der Waals surface area contributed by atoms with Crippen LogP contribution in [-0.2, 0) is 6.54 Å². The molecule has 1 aromatic heterocycles. The molecule has 0 bridgehead atoms. The Morgan fingerprint density at radius 1 is 1.14 bits per heavy atom. The number of hydrogen-bond acceptors (Lipinski definition) is 6. The van der Waals surface area contributed by atoms with Crippen LogP contribution in [0.25, 0.3) is 0 Å². The van der Waals surface area contributed by atoms with Crippen LogP contribution in [0.15, 0.2) is 42.6 Å². The molecule has 0 aliphatic rings. The van der Waals surface area contributed by atoms with Gasteiger partial charge < -0.3 is 4.90 Å². The largest absolute Gasteiger partial charge is 0.350 e. The molecule has 0 unspecified atom stereocenters. The third kappa shape index (κ3) is 3.30. The van der Waals surface area contributed by atoms with Crippen LogP contribution in [0.3, 0.4) is 0 Å².